The molecular weight excluding hydrogens is 422 g/mol. The van der Waals surface area contributed by atoms with Crippen molar-refractivity contribution in [3.05, 3.63) is 84.6 Å². The Morgan fingerprint density at radius 1 is 0.788 bits per heavy atom. The number of rotatable bonds is 3. The normalized spacial score (nSPS) is 12.2. The van der Waals surface area contributed by atoms with Crippen molar-refractivity contribution in [3.63, 3.8) is 0 Å². The van der Waals surface area contributed by atoms with E-state index in [1.54, 1.807) is 0 Å². The van der Waals surface area contributed by atoms with Crippen molar-refractivity contribution in [3.8, 4) is 17.1 Å². The van der Waals surface area contributed by atoms with Gasteiger partial charge in [-0.1, -0.05) is 67.3 Å². The first-order valence-electron chi connectivity index (χ1n) is 11.3. The quantitative estimate of drug-likeness (QED) is 0.279. The lowest BCUT2D eigenvalue weighted by atomic mass is 10.1. The Morgan fingerprint density at radius 2 is 1.61 bits per heavy atom. The standard InChI is InChI=1S/C28H25N3OSi/c1-18-13-16-24-28(29-18)31(19-9-6-5-7-10-19)27(30-24)23-12-8-11-22-21-15-14-20(33(2,3)4)17-25(21)32-26(22)23/h5-17H,1-4H3. The van der Waals surface area contributed by atoms with Crippen molar-refractivity contribution < 1.29 is 4.42 Å². The SMILES string of the molecule is Cc1ccc2nc(-c3cccc4c3oc3cc([Si](C)(C)C)ccc34)n(-c3ccccc3)c2n1. The molecule has 0 fully saturated rings. The maximum Gasteiger partial charge on any atom is 0.165 e. The summed E-state index contributed by atoms with van der Waals surface area (Å²) in [5, 5.41) is 3.65. The van der Waals surface area contributed by atoms with Crippen LogP contribution < -0.4 is 5.19 Å². The van der Waals surface area contributed by atoms with Crippen LogP contribution in [0.15, 0.2) is 83.3 Å². The van der Waals surface area contributed by atoms with Crippen molar-refractivity contribution in [2.24, 2.45) is 0 Å². The molecule has 162 valence electrons. The first kappa shape index (κ1) is 19.9. The molecule has 3 aromatic carbocycles. The van der Waals surface area contributed by atoms with Gasteiger partial charge in [-0.05, 0) is 43.3 Å². The minimum absolute atomic E-state index is 0.837. The zero-order valence-corrected chi connectivity index (χ0v) is 20.3. The first-order valence-corrected chi connectivity index (χ1v) is 14.8. The second kappa shape index (κ2) is 7.15. The van der Waals surface area contributed by atoms with Gasteiger partial charge in [0, 0.05) is 22.2 Å². The van der Waals surface area contributed by atoms with Gasteiger partial charge in [0.2, 0.25) is 0 Å². The van der Waals surface area contributed by atoms with Gasteiger partial charge in [-0.3, -0.25) is 4.57 Å². The summed E-state index contributed by atoms with van der Waals surface area (Å²) in [4.78, 5) is 9.86. The van der Waals surface area contributed by atoms with Crippen LogP contribution in [-0.4, -0.2) is 22.6 Å². The van der Waals surface area contributed by atoms with Gasteiger partial charge in [-0.25, -0.2) is 9.97 Å². The van der Waals surface area contributed by atoms with E-state index < -0.39 is 8.07 Å². The molecule has 0 spiro atoms. The predicted molar refractivity (Wildman–Crippen MR) is 139 cm³/mol. The van der Waals surface area contributed by atoms with Crippen LogP contribution in [0.5, 0.6) is 0 Å². The molecule has 0 amide bonds. The second-order valence-corrected chi connectivity index (χ2v) is 14.7. The Hall–Kier alpha value is -3.70. The maximum atomic E-state index is 6.53. The molecule has 0 saturated carbocycles. The molecule has 3 aromatic heterocycles. The number of imidazole rings is 1. The Kier molecular flexibility index (Phi) is 4.32. The largest absolute Gasteiger partial charge is 0.455 e. The fourth-order valence-corrected chi connectivity index (χ4v) is 5.64. The summed E-state index contributed by atoms with van der Waals surface area (Å²) in [6, 6.07) is 27.4. The highest BCUT2D eigenvalue weighted by molar-refractivity contribution is 6.88. The van der Waals surface area contributed by atoms with E-state index in [0.29, 0.717) is 0 Å². The Bertz CT molecular complexity index is 1660. The number of furan rings is 1. The highest BCUT2D eigenvalue weighted by atomic mass is 28.3. The van der Waals surface area contributed by atoms with E-state index in [9.17, 15) is 0 Å². The van der Waals surface area contributed by atoms with E-state index in [1.807, 2.05) is 37.3 Å². The molecule has 6 aromatic rings. The van der Waals surface area contributed by atoms with Gasteiger partial charge in [-0.2, -0.15) is 0 Å². The van der Waals surface area contributed by atoms with Crippen LogP contribution in [0.2, 0.25) is 19.6 Å². The van der Waals surface area contributed by atoms with Gasteiger partial charge < -0.3 is 4.42 Å². The number of para-hydroxylation sites is 2. The van der Waals surface area contributed by atoms with Crippen LogP contribution in [0.3, 0.4) is 0 Å². The summed E-state index contributed by atoms with van der Waals surface area (Å²) >= 11 is 0. The number of aryl methyl sites for hydroxylation is 1. The highest BCUT2D eigenvalue weighted by Gasteiger charge is 2.22. The summed E-state index contributed by atoms with van der Waals surface area (Å²) in [6.45, 7) is 9.09. The number of hydrogen-bond acceptors (Lipinski definition) is 3. The molecule has 0 aliphatic carbocycles. The minimum atomic E-state index is -1.44. The van der Waals surface area contributed by atoms with Gasteiger partial charge in [0.1, 0.15) is 16.7 Å². The zero-order valence-electron chi connectivity index (χ0n) is 19.3. The third-order valence-electron chi connectivity index (χ3n) is 6.26. The Morgan fingerprint density at radius 3 is 2.39 bits per heavy atom. The third-order valence-corrected chi connectivity index (χ3v) is 8.31. The molecule has 6 rings (SSSR count). The third kappa shape index (κ3) is 3.19. The van der Waals surface area contributed by atoms with E-state index in [-0.39, 0.29) is 0 Å². The van der Waals surface area contributed by atoms with Crippen LogP contribution in [0, 0.1) is 6.92 Å². The second-order valence-electron chi connectivity index (χ2n) is 9.65. The van der Waals surface area contributed by atoms with E-state index in [2.05, 4.69) is 72.7 Å². The van der Waals surface area contributed by atoms with Gasteiger partial charge in [0.05, 0.1) is 13.6 Å². The predicted octanol–water partition coefficient (Wildman–Crippen LogP) is 6.84. The van der Waals surface area contributed by atoms with Gasteiger partial charge in [0.15, 0.2) is 11.5 Å². The maximum absolute atomic E-state index is 6.53. The van der Waals surface area contributed by atoms with Crippen molar-refractivity contribution >= 4 is 46.4 Å². The molecule has 0 N–H and O–H groups in total. The first-order chi connectivity index (χ1) is 15.9. The lowest BCUT2D eigenvalue weighted by molar-refractivity contribution is 0.669. The van der Waals surface area contributed by atoms with Crippen molar-refractivity contribution in [1.29, 1.82) is 0 Å². The summed E-state index contributed by atoms with van der Waals surface area (Å²) in [6.07, 6.45) is 0. The van der Waals surface area contributed by atoms with E-state index in [4.69, 9.17) is 14.4 Å². The molecule has 0 atom stereocenters. The number of nitrogens with zero attached hydrogens (tertiary/aromatic N) is 3. The van der Waals surface area contributed by atoms with E-state index in [0.717, 1.165) is 55.9 Å². The minimum Gasteiger partial charge on any atom is -0.455 e. The molecule has 0 bridgehead atoms. The smallest absolute Gasteiger partial charge is 0.165 e. The molecule has 5 heteroatoms. The van der Waals surface area contributed by atoms with Gasteiger partial charge in [0.25, 0.3) is 0 Å². The molecule has 0 saturated heterocycles. The summed E-state index contributed by atoms with van der Waals surface area (Å²) in [5.74, 6) is 0.837. The molecule has 0 aliphatic heterocycles. The fraction of sp³-hybridized carbons (Fsp3) is 0.143. The van der Waals surface area contributed by atoms with Crippen LogP contribution in [0.1, 0.15) is 5.69 Å². The molecule has 33 heavy (non-hydrogen) atoms. The van der Waals surface area contributed by atoms with Crippen LogP contribution in [0.4, 0.5) is 0 Å². The average molecular weight is 448 g/mol. The molecule has 3 heterocycles. The van der Waals surface area contributed by atoms with E-state index >= 15 is 0 Å². The topological polar surface area (TPSA) is 43.9 Å². The number of benzene rings is 3. The average Bonchev–Trinajstić information content (AvgIpc) is 3.36. The summed E-state index contributed by atoms with van der Waals surface area (Å²) in [5.41, 5.74) is 6.49. The molecular formula is C28H25N3OSi. The van der Waals surface area contributed by atoms with Crippen molar-refractivity contribution in [2.45, 2.75) is 26.6 Å². The lowest BCUT2D eigenvalue weighted by Gasteiger charge is -2.15. The molecule has 4 nitrogen and oxygen atoms in total. The number of aromatic nitrogens is 3. The summed E-state index contributed by atoms with van der Waals surface area (Å²) < 4.78 is 8.67. The summed E-state index contributed by atoms with van der Waals surface area (Å²) in [7, 11) is -1.44. The number of pyridine rings is 1. The lowest BCUT2D eigenvalue weighted by Crippen LogP contribution is -2.37. The molecule has 0 unspecified atom stereocenters. The number of hydrogen-bond donors (Lipinski definition) is 0. The van der Waals surface area contributed by atoms with Crippen LogP contribution in [-0.2, 0) is 0 Å². The fourth-order valence-electron chi connectivity index (χ4n) is 4.50. The van der Waals surface area contributed by atoms with Crippen LogP contribution >= 0.6 is 0 Å². The van der Waals surface area contributed by atoms with Crippen molar-refractivity contribution in [2.75, 3.05) is 0 Å². The Balaban J connectivity index is 1.68. The van der Waals surface area contributed by atoms with Gasteiger partial charge >= 0.3 is 0 Å². The van der Waals surface area contributed by atoms with E-state index in [1.165, 1.54) is 5.19 Å². The van der Waals surface area contributed by atoms with Gasteiger partial charge in [-0.15, -0.1) is 0 Å². The van der Waals surface area contributed by atoms with Crippen molar-refractivity contribution in [1.82, 2.24) is 14.5 Å². The molecule has 0 radical (unpaired) electrons. The molecule has 0 aliphatic rings. The van der Waals surface area contributed by atoms with Crippen LogP contribution in [0.25, 0.3) is 50.2 Å². The monoisotopic (exact) mass is 447 g/mol. The Labute approximate surface area is 193 Å². The number of fused-ring (bicyclic) bond motifs is 4. The highest BCUT2D eigenvalue weighted by Crippen LogP contribution is 2.37. The zero-order chi connectivity index (χ0) is 22.7.